The van der Waals surface area contributed by atoms with Crippen LogP contribution in [0, 0.1) is 0 Å². The second-order valence-corrected chi connectivity index (χ2v) is 6.67. The zero-order valence-electron chi connectivity index (χ0n) is 13.7. The lowest BCUT2D eigenvalue weighted by Gasteiger charge is -2.02. The van der Waals surface area contributed by atoms with Gasteiger partial charge in [0, 0.05) is 5.56 Å². The molecule has 0 aliphatic carbocycles. The Hall–Kier alpha value is -2.80. The molecule has 25 heavy (non-hydrogen) atoms. The van der Waals surface area contributed by atoms with Gasteiger partial charge in [0.15, 0.2) is 5.58 Å². The highest BCUT2D eigenvalue weighted by Gasteiger charge is 2.19. The van der Waals surface area contributed by atoms with Crippen molar-refractivity contribution in [2.45, 2.75) is 17.4 Å². The van der Waals surface area contributed by atoms with Gasteiger partial charge in [-0.1, -0.05) is 23.9 Å². The molecule has 6 nitrogen and oxygen atoms in total. The van der Waals surface area contributed by atoms with E-state index in [1.54, 1.807) is 7.11 Å². The molecule has 0 fully saturated rings. The predicted octanol–water partition coefficient (Wildman–Crippen LogP) is 4.74. The van der Waals surface area contributed by atoms with Gasteiger partial charge in [0.1, 0.15) is 11.3 Å². The molecule has 0 unspecified atom stereocenters. The van der Waals surface area contributed by atoms with Crippen molar-refractivity contribution in [2.24, 2.45) is 0 Å². The van der Waals surface area contributed by atoms with E-state index in [1.807, 2.05) is 55.5 Å². The summed E-state index contributed by atoms with van der Waals surface area (Å²) < 4.78 is 16.7. The molecular weight excluding hydrogens is 338 g/mol. The third-order valence-electron chi connectivity index (χ3n) is 3.68. The molecule has 0 N–H and O–H groups in total. The summed E-state index contributed by atoms with van der Waals surface area (Å²) in [6.45, 7) is 1.98. The van der Waals surface area contributed by atoms with E-state index in [2.05, 4.69) is 15.2 Å². The SMILES string of the molecule is COc1ccc(-c2nnc([C@@H](C)Sc3nc4ccccc4o3)o2)cc1. The van der Waals surface area contributed by atoms with Crippen molar-refractivity contribution >= 4 is 22.9 Å². The Kier molecular flexibility index (Phi) is 4.15. The summed E-state index contributed by atoms with van der Waals surface area (Å²) in [5.74, 6) is 1.78. The van der Waals surface area contributed by atoms with Crippen molar-refractivity contribution in [1.82, 2.24) is 15.2 Å². The van der Waals surface area contributed by atoms with Crippen LogP contribution in [0.1, 0.15) is 18.1 Å². The van der Waals surface area contributed by atoms with Crippen LogP contribution in [0.15, 0.2) is 62.6 Å². The number of methoxy groups -OCH3 is 1. The number of para-hydroxylation sites is 2. The highest BCUT2D eigenvalue weighted by Crippen LogP contribution is 2.36. The zero-order valence-corrected chi connectivity index (χ0v) is 14.5. The summed E-state index contributed by atoms with van der Waals surface area (Å²) in [4.78, 5) is 4.45. The number of fused-ring (bicyclic) bond motifs is 1. The standard InChI is InChI=1S/C18H15N3O3S/c1-11(25-18-19-14-5-3-4-6-15(14)23-18)16-20-21-17(24-16)12-7-9-13(22-2)10-8-12/h3-11H,1-2H3/t11-/m1/s1. The number of aromatic nitrogens is 3. The molecule has 2 aromatic carbocycles. The molecular formula is C18H15N3O3S. The van der Waals surface area contributed by atoms with Gasteiger partial charge < -0.3 is 13.6 Å². The molecule has 1 atom stereocenters. The van der Waals surface area contributed by atoms with E-state index in [9.17, 15) is 0 Å². The maximum Gasteiger partial charge on any atom is 0.257 e. The molecule has 0 bridgehead atoms. The minimum Gasteiger partial charge on any atom is -0.497 e. The van der Waals surface area contributed by atoms with E-state index in [0.29, 0.717) is 17.0 Å². The van der Waals surface area contributed by atoms with Gasteiger partial charge in [-0.2, -0.15) is 0 Å². The number of thioether (sulfide) groups is 1. The van der Waals surface area contributed by atoms with Crippen molar-refractivity contribution in [3.05, 3.63) is 54.4 Å². The second kappa shape index (κ2) is 6.60. The fraction of sp³-hybridized carbons (Fsp3) is 0.167. The van der Waals surface area contributed by atoms with Crippen molar-refractivity contribution in [3.63, 3.8) is 0 Å². The average molecular weight is 353 g/mol. The number of rotatable bonds is 5. The third-order valence-corrected chi connectivity index (χ3v) is 4.61. The van der Waals surface area contributed by atoms with Gasteiger partial charge in [-0.15, -0.1) is 10.2 Å². The van der Waals surface area contributed by atoms with E-state index >= 15 is 0 Å². The number of hydrogen-bond acceptors (Lipinski definition) is 7. The Balaban J connectivity index is 1.52. The largest absolute Gasteiger partial charge is 0.497 e. The Morgan fingerprint density at radius 2 is 1.80 bits per heavy atom. The van der Waals surface area contributed by atoms with Gasteiger partial charge in [0.25, 0.3) is 5.22 Å². The first-order valence-electron chi connectivity index (χ1n) is 7.73. The maximum absolute atomic E-state index is 5.80. The summed E-state index contributed by atoms with van der Waals surface area (Å²) in [7, 11) is 1.63. The number of hydrogen-bond donors (Lipinski definition) is 0. The Morgan fingerprint density at radius 3 is 2.56 bits per heavy atom. The lowest BCUT2D eigenvalue weighted by Crippen LogP contribution is -1.88. The number of nitrogens with zero attached hydrogens (tertiary/aromatic N) is 3. The van der Waals surface area contributed by atoms with Crippen LogP contribution < -0.4 is 4.74 Å². The topological polar surface area (TPSA) is 74.2 Å². The van der Waals surface area contributed by atoms with Crippen molar-refractivity contribution < 1.29 is 13.6 Å². The highest BCUT2D eigenvalue weighted by molar-refractivity contribution is 7.99. The lowest BCUT2D eigenvalue weighted by atomic mass is 10.2. The Bertz CT molecular complexity index is 961. The summed E-state index contributed by atoms with van der Waals surface area (Å²) in [5.41, 5.74) is 2.45. The molecule has 2 heterocycles. The van der Waals surface area contributed by atoms with Crippen molar-refractivity contribution in [2.75, 3.05) is 7.11 Å². The Labute approximate surface area is 148 Å². The molecule has 0 saturated carbocycles. The first-order chi connectivity index (χ1) is 12.2. The minimum atomic E-state index is -0.0763. The van der Waals surface area contributed by atoms with Crippen LogP contribution in [-0.2, 0) is 0 Å². The molecule has 0 amide bonds. The smallest absolute Gasteiger partial charge is 0.257 e. The van der Waals surface area contributed by atoms with E-state index in [1.165, 1.54) is 11.8 Å². The number of ether oxygens (including phenoxy) is 1. The van der Waals surface area contributed by atoms with Gasteiger partial charge in [0.2, 0.25) is 11.8 Å². The molecule has 4 rings (SSSR count). The fourth-order valence-electron chi connectivity index (χ4n) is 2.35. The first kappa shape index (κ1) is 15.7. The number of oxazole rings is 1. The van der Waals surface area contributed by atoms with E-state index in [4.69, 9.17) is 13.6 Å². The van der Waals surface area contributed by atoms with Gasteiger partial charge in [-0.05, 0) is 43.3 Å². The van der Waals surface area contributed by atoms with Crippen LogP contribution in [0.2, 0.25) is 0 Å². The van der Waals surface area contributed by atoms with E-state index < -0.39 is 0 Å². The summed E-state index contributed by atoms with van der Waals surface area (Å²) >= 11 is 1.44. The zero-order chi connectivity index (χ0) is 17.2. The number of benzene rings is 2. The van der Waals surface area contributed by atoms with Crippen LogP contribution >= 0.6 is 11.8 Å². The predicted molar refractivity (Wildman–Crippen MR) is 94.6 cm³/mol. The first-order valence-corrected chi connectivity index (χ1v) is 8.61. The van der Waals surface area contributed by atoms with Gasteiger partial charge >= 0.3 is 0 Å². The average Bonchev–Trinajstić information content (AvgIpc) is 3.28. The molecule has 126 valence electrons. The minimum absolute atomic E-state index is 0.0763. The quantitative estimate of drug-likeness (QED) is 0.480. The van der Waals surface area contributed by atoms with Crippen LogP contribution in [0.3, 0.4) is 0 Å². The van der Waals surface area contributed by atoms with Gasteiger partial charge in [-0.25, -0.2) is 4.98 Å². The molecule has 0 radical (unpaired) electrons. The van der Waals surface area contributed by atoms with Crippen molar-refractivity contribution in [3.8, 4) is 17.2 Å². The third kappa shape index (κ3) is 3.23. The monoisotopic (exact) mass is 353 g/mol. The molecule has 7 heteroatoms. The normalized spacial score (nSPS) is 12.4. The lowest BCUT2D eigenvalue weighted by molar-refractivity contribution is 0.415. The van der Waals surface area contributed by atoms with Gasteiger partial charge in [0.05, 0.1) is 12.4 Å². The summed E-state index contributed by atoms with van der Waals surface area (Å²) in [6.07, 6.45) is 0. The molecule has 0 saturated heterocycles. The highest BCUT2D eigenvalue weighted by atomic mass is 32.2. The van der Waals surface area contributed by atoms with Crippen molar-refractivity contribution in [1.29, 1.82) is 0 Å². The summed E-state index contributed by atoms with van der Waals surface area (Å²) in [5, 5.41) is 8.78. The van der Waals surface area contributed by atoms with Gasteiger partial charge in [-0.3, -0.25) is 0 Å². The van der Waals surface area contributed by atoms with E-state index in [-0.39, 0.29) is 5.25 Å². The molecule has 0 spiro atoms. The van der Waals surface area contributed by atoms with Crippen LogP contribution in [0.25, 0.3) is 22.6 Å². The molecule has 0 aliphatic rings. The molecule has 2 aromatic heterocycles. The second-order valence-electron chi connectivity index (χ2n) is 5.38. The molecule has 4 aromatic rings. The summed E-state index contributed by atoms with van der Waals surface area (Å²) in [6, 6.07) is 15.1. The van der Waals surface area contributed by atoms with Crippen LogP contribution in [-0.4, -0.2) is 22.3 Å². The fourth-order valence-corrected chi connectivity index (χ4v) is 3.14. The van der Waals surface area contributed by atoms with Crippen LogP contribution in [0.5, 0.6) is 5.75 Å². The molecule has 0 aliphatic heterocycles. The Morgan fingerprint density at radius 1 is 1.00 bits per heavy atom. The van der Waals surface area contributed by atoms with Crippen LogP contribution in [0.4, 0.5) is 0 Å². The van der Waals surface area contributed by atoms with E-state index in [0.717, 1.165) is 22.4 Å². The maximum atomic E-state index is 5.80.